The third-order valence-corrected chi connectivity index (χ3v) is 4.30. The van der Waals surface area contributed by atoms with Gasteiger partial charge in [-0.2, -0.15) is 0 Å². The summed E-state index contributed by atoms with van der Waals surface area (Å²) in [4.78, 5) is 25.2. The van der Waals surface area contributed by atoms with Gasteiger partial charge in [-0.1, -0.05) is 12.1 Å². The number of nitrogens with zero attached hydrogens (tertiary/aromatic N) is 1. The lowest BCUT2D eigenvalue weighted by Crippen LogP contribution is -2.26. The van der Waals surface area contributed by atoms with Crippen LogP contribution in [0.2, 0.25) is 0 Å². The van der Waals surface area contributed by atoms with Crippen LogP contribution in [0.3, 0.4) is 0 Å². The van der Waals surface area contributed by atoms with Gasteiger partial charge in [-0.15, -0.1) is 0 Å². The Kier molecular flexibility index (Phi) is 5.12. The molecule has 1 heterocycles. The number of hydrogen-bond acceptors (Lipinski definition) is 4. The molecule has 0 aliphatic carbocycles. The summed E-state index contributed by atoms with van der Waals surface area (Å²) >= 11 is 0. The summed E-state index contributed by atoms with van der Waals surface area (Å²) in [6.07, 6.45) is 1.48. The summed E-state index contributed by atoms with van der Waals surface area (Å²) in [6, 6.07) is 9.04. The first kappa shape index (κ1) is 18.4. The van der Waals surface area contributed by atoms with Crippen LogP contribution < -0.4 is 20.3 Å². The first-order valence-corrected chi connectivity index (χ1v) is 8.22. The Morgan fingerprint density at radius 2 is 1.67 bits per heavy atom. The van der Waals surface area contributed by atoms with Crippen LogP contribution in [-0.4, -0.2) is 24.7 Å². The number of carbonyl (C=O) groups excluding carboxylic acids is 1. The number of benzene rings is 2. The van der Waals surface area contributed by atoms with E-state index in [4.69, 9.17) is 9.47 Å². The number of amides is 1. The molecular weight excluding hydrogens is 351 g/mol. The fraction of sp³-hybridized carbons (Fsp3) is 0.200. The first-order chi connectivity index (χ1) is 12.9. The van der Waals surface area contributed by atoms with E-state index < -0.39 is 0 Å². The second kappa shape index (κ2) is 7.49. The Hall–Kier alpha value is -3.35. The molecule has 7 heteroatoms. The van der Waals surface area contributed by atoms with E-state index in [1.807, 2.05) is 0 Å². The van der Waals surface area contributed by atoms with Crippen molar-refractivity contribution in [2.24, 2.45) is 7.05 Å². The quantitative estimate of drug-likeness (QED) is 0.750. The molecule has 2 aromatic carbocycles. The van der Waals surface area contributed by atoms with Gasteiger partial charge in [0.15, 0.2) is 11.5 Å². The maximum Gasteiger partial charge on any atom is 0.258 e. The lowest BCUT2D eigenvalue weighted by Gasteiger charge is -2.13. The fourth-order valence-electron chi connectivity index (χ4n) is 2.85. The number of nitrogens with one attached hydrogen (secondary N) is 1. The summed E-state index contributed by atoms with van der Waals surface area (Å²) in [5, 5.41) is 3.61. The molecule has 0 spiro atoms. The van der Waals surface area contributed by atoms with Crippen molar-refractivity contribution in [1.82, 2.24) is 9.88 Å². The zero-order valence-electron chi connectivity index (χ0n) is 15.2. The number of hydrogen-bond donors (Lipinski definition) is 1. The van der Waals surface area contributed by atoms with Crippen LogP contribution in [0.4, 0.5) is 4.39 Å². The summed E-state index contributed by atoms with van der Waals surface area (Å²) < 4.78 is 24.9. The van der Waals surface area contributed by atoms with Crippen LogP contribution in [0.1, 0.15) is 15.9 Å². The smallest absolute Gasteiger partial charge is 0.258 e. The second-order valence-electron chi connectivity index (χ2n) is 6.02. The van der Waals surface area contributed by atoms with Crippen molar-refractivity contribution < 1.29 is 18.7 Å². The molecule has 140 valence electrons. The van der Waals surface area contributed by atoms with Crippen molar-refractivity contribution in [1.29, 1.82) is 0 Å². The monoisotopic (exact) mass is 370 g/mol. The maximum absolute atomic E-state index is 13.0. The average Bonchev–Trinajstić information content (AvgIpc) is 2.69. The van der Waals surface area contributed by atoms with Gasteiger partial charge in [0.25, 0.3) is 11.5 Å². The van der Waals surface area contributed by atoms with Crippen LogP contribution in [-0.2, 0) is 13.6 Å². The minimum absolute atomic E-state index is 0.233. The molecule has 0 bridgehead atoms. The number of halogens is 1. The van der Waals surface area contributed by atoms with E-state index in [9.17, 15) is 14.0 Å². The van der Waals surface area contributed by atoms with Crippen molar-refractivity contribution in [2.75, 3.05) is 14.2 Å². The zero-order valence-corrected chi connectivity index (χ0v) is 15.2. The lowest BCUT2D eigenvalue weighted by molar-refractivity contribution is 0.0952. The van der Waals surface area contributed by atoms with E-state index >= 15 is 0 Å². The van der Waals surface area contributed by atoms with Gasteiger partial charge in [-0.25, -0.2) is 4.39 Å². The van der Waals surface area contributed by atoms with Crippen molar-refractivity contribution >= 4 is 16.7 Å². The van der Waals surface area contributed by atoms with E-state index in [0.717, 1.165) is 5.56 Å². The van der Waals surface area contributed by atoms with E-state index in [2.05, 4.69) is 5.32 Å². The number of pyridine rings is 1. The zero-order chi connectivity index (χ0) is 19.6. The SMILES string of the molecule is COc1cc2c(C(=O)NCc3ccc(F)cc3)cn(C)c(=O)c2cc1OC. The van der Waals surface area contributed by atoms with Crippen LogP contribution in [0.15, 0.2) is 47.4 Å². The number of aromatic nitrogens is 1. The standard InChI is InChI=1S/C20H19FN2O4/c1-23-11-16(19(24)22-10-12-4-6-13(21)7-5-12)14-8-17(26-2)18(27-3)9-15(14)20(23)25/h4-9,11H,10H2,1-3H3,(H,22,24). The van der Waals surface area contributed by atoms with Crippen molar-refractivity contribution in [3.05, 3.63) is 69.9 Å². The first-order valence-electron chi connectivity index (χ1n) is 8.22. The molecule has 1 amide bonds. The van der Waals surface area contributed by atoms with Crippen LogP contribution in [0.25, 0.3) is 10.8 Å². The summed E-state index contributed by atoms with van der Waals surface area (Å²) in [6.45, 7) is 0.233. The lowest BCUT2D eigenvalue weighted by atomic mass is 10.1. The fourth-order valence-corrected chi connectivity index (χ4v) is 2.85. The molecule has 3 aromatic rings. The number of ether oxygens (including phenoxy) is 2. The molecule has 0 atom stereocenters. The summed E-state index contributed by atoms with van der Waals surface area (Å²) in [7, 11) is 4.54. The molecule has 1 N–H and O–H groups in total. The van der Waals surface area contributed by atoms with Crippen LogP contribution in [0.5, 0.6) is 11.5 Å². The van der Waals surface area contributed by atoms with Gasteiger partial charge < -0.3 is 19.4 Å². The summed E-state index contributed by atoms with van der Waals surface area (Å²) in [5.41, 5.74) is 0.842. The third kappa shape index (κ3) is 3.62. The molecular formula is C20H19FN2O4. The van der Waals surface area contributed by atoms with Gasteiger partial charge in [0.1, 0.15) is 5.82 Å². The Morgan fingerprint density at radius 3 is 2.26 bits per heavy atom. The molecule has 1 aromatic heterocycles. The Morgan fingerprint density at radius 1 is 1.07 bits per heavy atom. The van der Waals surface area contributed by atoms with Crippen LogP contribution >= 0.6 is 0 Å². The molecule has 0 radical (unpaired) electrons. The number of carbonyl (C=O) groups is 1. The predicted octanol–water partition coefficient (Wildman–Crippen LogP) is 2.62. The highest BCUT2D eigenvalue weighted by Gasteiger charge is 2.17. The molecule has 6 nitrogen and oxygen atoms in total. The van der Waals surface area contributed by atoms with Crippen molar-refractivity contribution in [3.63, 3.8) is 0 Å². The predicted molar refractivity (Wildman–Crippen MR) is 99.9 cm³/mol. The number of rotatable bonds is 5. The normalized spacial score (nSPS) is 10.7. The molecule has 0 saturated heterocycles. The van der Waals surface area contributed by atoms with Gasteiger partial charge in [-0.3, -0.25) is 9.59 Å². The Bertz CT molecular complexity index is 1060. The van der Waals surface area contributed by atoms with Gasteiger partial charge in [0.05, 0.1) is 25.2 Å². The average molecular weight is 370 g/mol. The molecule has 0 fully saturated rings. The van der Waals surface area contributed by atoms with E-state index in [-0.39, 0.29) is 23.8 Å². The highest BCUT2D eigenvalue weighted by Crippen LogP contribution is 2.32. The van der Waals surface area contributed by atoms with Gasteiger partial charge >= 0.3 is 0 Å². The molecule has 0 saturated carbocycles. The number of methoxy groups -OCH3 is 2. The highest BCUT2D eigenvalue weighted by molar-refractivity contribution is 6.07. The maximum atomic E-state index is 13.0. The molecule has 0 aliphatic heterocycles. The molecule has 0 unspecified atom stereocenters. The number of fused-ring (bicyclic) bond motifs is 1. The molecule has 27 heavy (non-hydrogen) atoms. The Balaban J connectivity index is 2.01. The Labute approximate surface area is 155 Å². The van der Waals surface area contributed by atoms with E-state index in [1.165, 1.54) is 37.1 Å². The minimum atomic E-state index is -0.354. The molecule has 3 rings (SSSR count). The minimum Gasteiger partial charge on any atom is -0.493 e. The van der Waals surface area contributed by atoms with Gasteiger partial charge in [0.2, 0.25) is 0 Å². The van der Waals surface area contributed by atoms with Crippen molar-refractivity contribution in [3.8, 4) is 11.5 Å². The largest absolute Gasteiger partial charge is 0.493 e. The second-order valence-corrected chi connectivity index (χ2v) is 6.02. The summed E-state index contributed by atoms with van der Waals surface area (Å²) in [5.74, 6) is 0.138. The van der Waals surface area contributed by atoms with E-state index in [0.29, 0.717) is 27.8 Å². The van der Waals surface area contributed by atoms with Crippen molar-refractivity contribution in [2.45, 2.75) is 6.54 Å². The third-order valence-electron chi connectivity index (χ3n) is 4.30. The molecule has 0 aliphatic rings. The topological polar surface area (TPSA) is 69.6 Å². The number of aryl methyl sites for hydroxylation is 1. The van der Waals surface area contributed by atoms with Crippen LogP contribution in [0, 0.1) is 5.82 Å². The van der Waals surface area contributed by atoms with Gasteiger partial charge in [0, 0.05) is 25.2 Å². The highest BCUT2D eigenvalue weighted by atomic mass is 19.1. The van der Waals surface area contributed by atoms with E-state index in [1.54, 1.807) is 31.3 Å². The van der Waals surface area contributed by atoms with Gasteiger partial charge in [-0.05, 0) is 29.8 Å².